The second kappa shape index (κ2) is 3.03. The summed E-state index contributed by atoms with van der Waals surface area (Å²) in [4.78, 5) is 12.7. The van der Waals surface area contributed by atoms with Crippen LogP contribution in [0.25, 0.3) is 0 Å². The van der Waals surface area contributed by atoms with E-state index in [1.807, 2.05) is 0 Å². The van der Waals surface area contributed by atoms with E-state index in [4.69, 9.17) is 10.5 Å². The predicted octanol–water partition coefficient (Wildman–Crippen LogP) is -0.665. The zero-order chi connectivity index (χ0) is 8.55. The number of carbonyl (C=O) groups excluding carboxylic acids is 1. The summed E-state index contributed by atoms with van der Waals surface area (Å²) in [5.74, 6) is -0.375. The minimum absolute atomic E-state index is 0.0726. The van der Waals surface area contributed by atoms with Crippen LogP contribution in [-0.4, -0.2) is 42.6 Å². The van der Waals surface area contributed by atoms with Gasteiger partial charge >= 0.3 is 0 Å². The van der Waals surface area contributed by atoms with Gasteiger partial charge in [0.1, 0.15) is 6.61 Å². The molecular formula is C8H14N2O2. The van der Waals surface area contributed by atoms with Crippen molar-refractivity contribution in [1.29, 1.82) is 0 Å². The monoisotopic (exact) mass is 170 g/mol. The summed E-state index contributed by atoms with van der Waals surface area (Å²) >= 11 is 0. The third-order valence-corrected chi connectivity index (χ3v) is 2.40. The van der Waals surface area contributed by atoms with Gasteiger partial charge in [-0.2, -0.15) is 0 Å². The second-order valence-corrected chi connectivity index (χ2v) is 3.58. The third kappa shape index (κ3) is 1.76. The minimum Gasteiger partial charge on any atom is -0.368 e. The molecule has 1 amide bonds. The lowest BCUT2D eigenvalue weighted by atomic mass is 10.1. The van der Waals surface area contributed by atoms with Crippen molar-refractivity contribution >= 4 is 5.91 Å². The summed E-state index contributed by atoms with van der Waals surface area (Å²) in [7, 11) is 0. The smallest absolute Gasteiger partial charge is 0.243 e. The quantitative estimate of drug-likeness (QED) is 0.609. The molecule has 0 aromatic carbocycles. The Bertz CT molecular complexity index is 185. The first-order valence-electron chi connectivity index (χ1n) is 4.39. The largest absolute Gasteiger partial charge is 0.368 e. The van der Waals surface area contributed by atoms with Gasteiger partial charge < -0.3 is 10.5 Å². The van der Waals surface area contributed by atoms with Gasteiger partial charge in [-0.25, -0.2) is 0 Å². The molecule has 2 rings (SSSR count). The fraction of sp³-hybridized carbons (Fsp3) is 0.875. The molecule has 68 valence electrons. The van der Waals surface area contributed by atoms with Gasteiger partial charge in [0.25, 0.3) is 0 Å². The van der Waals surface area contributed by atoms with E-state index < -0.39 is 0 Å². The normalized spacial score (nSPS) is 25.3. The molecule has 4 nitrogen and oxygen atoms in total. The lowest BCUT2D eigenvalue weighted by molar-refractivity contribution is -0.129. The van der Waals surface area contributed by atoms with Crippen LogP contribution in [0.4, 0.5) is 0 Å². The molecule has 0 aromatic heterocycles. The van der Waals surface area contributed by atoms with Gasteiger partial charge in [0.2, 0.25) is 5.91 Å². The van der Waals surface area contributed by atoms with Crippen molar-refractivity contribution < 1.29 is 9.53 Å². The lowest BCUT2D eigenvalue weighted by Crippen LogP contribution is -2.53. The molecule has 0 unspecified atom stereocenters. The highest BCUT2D eigenvalue weighted by atomic mass is 16.5. The molecule has 2 fully saturated rings. The van der Waals surface area contributed by atoms with Crippen LogP contribution in [0.15, 0.2) is 0 Å². The Morgan fingerprint density at radius 1 is 1.50 bits per heavy atom. The van der Waals surface area contributed by atoms with Crippen LogP contribution in [0, 0.1) is 0 Å². The highest BCUT2D eigenvalue weighted by Crippen LogP contribution is 2.31. The maximum absolute atomic E-state index is 10.4. The molecule has 0 atom stereocenters. The van der Waals surface area contributed by atoms with E-state index in [-0.39, 0.29) is 18.6 Å². The van der Waals surface area contributed by atoms with Crippen molar-refractivity contribution in [3.05, 3.63) is 0 Å². The van der Waals surface area contributed by atoms with Crippen molar-refractivity contribution in [1.82, 2.24) is 4.90 Å². The number of nitrogens with two attached hydrogens (primary N) is 1. The second-order valence-electron chi connectivity index (χ2n) is 3.58. The topological polar surface area (TPSA) is 55.6 Å². The number of carbonyl (C=O) groups is 1. The fourth-order valence-corrected chi connectivity index (χ4v) is 1.51. The number of nitrogens with zero attached hydrogens (tertiary/aromatic N) is 1. The Morgan fingerprint density at radius 2 is 2.17 bits per heavy atom. The van der Waals surface area contributed by atoms with E-state index in [9.17, 15) is 4.79 Å². The minimum atomic E-state index is -0.375. The summed E-state index contributed by atoms with van der Waals surface area (Å²) in [5.41, 5.74) is 4.95. The molecule has 2 aliphatic rings. The number of rotatable bonds is 4. The summed E-state index contributed by atoms with van der Waals surface area (Å²) < 4.78 is 5.23. The first kappa shape index (κ1) is 8.01. The number of primary amides is 1. The average Bonchev–Trinajstić information content (AvgIpc) is 2.66. The molecule has 1 saturated carbocycles. The van der Waals surface area contributed by atoms with Gasteiger partial charge in [0.05, 0.1) is 6.10 Å². The van der Waals surface area contributed by atoms with Crippen molar-refractivity contribution in [3.63, 3.8) is 0 Å². The van der Waals surface area contributed by atoms with Crippen LogP contribution in [0.3, 0.4) is 0 Å². The molecule has 1 aliphatic carbocycles. The van der Waals surface area contributed by atoms with Crippen molar-refractivity contribution in [2.24, 2.45) is 5.73 Å². The lowest BCUT2D eigenvalue weighted by Gasteiger charge is -2.38. The Labute approximate surface area is 71.7 Å². The Balaban J connectivity index is 1.58. The fourth-order valence-electron chi connectivity index (χ4n) is 1.51. The van der Waals surface area contributed by atoms with Crippen LogP contribution < -0.4 is 5.73 Å². The first-order valence-corrected chi connectivity index (χ1v) is 4.39. The maximum Gasteiger partial charge on any atom is 0.243 e. The number of amides is 1. The van der Waals surface area contributed by atoms with E-state index in [1.54, 1.807) is 0 Å². The Kier molecular flexibility index (Phi) is 2.02. The Hall–Kier alpha value is -0.610. The zero-order valence-corrected chi connectivity index (χ0v) is 7.03. The molecule has 0 radical (unpaired) electrons. The van der Waals surface area contributed by atoms with Crippen LogP contribution in [0.5, 0.6) is 0 Å². The molecule has 2 N–H and O–H groups in total. The average molecular weight is 170 g/mol. The van der Waals surface area contributed by atoms with Crippen molar-refractivity contribution in [3.8, 4) is 0 Å². The van der Waals surface area contributed by atoms with Crippen LogP contribution >= 0.6 is 0 Å². The van der Waals surface area contributed by atoms with Crippen molar-refractivity contribution in [2.45, 2.75) is 25.0 Å². The number of ether oxygens (including phenoxy) is 1. The van der Waals surface area contributed by atoms with E-state index in [1.165, 1.54) is 12.8 Å². The zero-order valence-electron chi connectivity index (χ0n) is 7.03. The molecule has 0 spiro atoms. The molecule has 0 aromatic rings. The summed E-state index contributed by atoms with van der Waals surface area (Å²) in [5, 5.41) is 0. The number of hydrogen-bond acceptors (Lipinski definition) is 3. The summed E-state index contributed by atoms with van der Waals surface area (Å²) in [6.07, 6.45) is 2.92. The number of hydrogen-bond donors (Lipinski definition) is 1. The van der Waals surface area contributed by atoms with Crippen molar-refractivity contribution in [2.75, 3.05) is 19.7 Å². The molecule has 1 heterocycles. The molecule has 1 saturated heterocycles. The van der Waals surface area contributed by atoms with Crippen LogP contribution in [-0.2, 0) is 9.53 Å². The van der Waals surface area contributed by atoms with Gasteiger partial charge in [0, 0.05) is 19.1 Å². The first-order chi connectivity index (χ1) is 5.75. The molecule has 12 heavy (non-hydrogen) atoms. The summed E-state index contributed by atoms with van der Waals surface area (Å²) in [6.45, 7) is 2.04. The van der Waals surface area contributed by atoms with Gasteiger partial charge in [0.15, 0.2) is 0 Å². The predicted molar refractivity (Wildman–Crippen MR) is 43.5 cm³/mol. The highest BCUT2D eigenvalue weighted by molar-refractivity contribution is 5.75. The van der Waals surface area contributed by atoms with Gasteiger partial charge in [-0.05, 0) is 12.8 Å². The number of likely N-dealkylation sites (tertiary alicyclic amines) is 1. The summed E-state index contributed by atoms with van der Waals surface area (Å²) in [6, 6.07) is 0.818. The van der Waals surface area contributed by atoms with Gasteiger partial charge in [-0.3, -0.25) is 9.69 Å². The third-order valence-electron chi connectivity index (χ3n) is 2.40. The van der Waals surface area contributed by atoms with E-state index in [2.05, 4.69) is 4.90 Å². The van der Waals surface area contributed by atoms with E-state index in [0.717, 1.165) is 19.1 Å². The van der Waals surface area contributed by atoms with E-state index in [0.29, 0.717) is 0 Å². The van der Waals surface area contributed by atoms with Crippen LogP contribution in [0.2, 0.25) is 0 Å². The maximum atomic E-state index is 10.4. The molecule has 4 heteroatoms. The Morgan fingerprint density at radius 3 is 2.67 bits per heavy atom. The van der Waals surface area contributed by atoms with E-state index >= 15 is 0 Å². The van der Waals surface area contributed by atoms with Crippen LogP contribution in [0.1, 0.15) is 12.8 Å². The van der Waals surface area contributed by atoms with Gasteiger partial charge in [-0.1, -0.05) is 0 Å². The molecule has 1 aliphatic heterocycles. The molecular weight excluding hydrogens is 156 g/mol. The van der Waals surface area contributed by atoms with Gasteiger partial charge in [-0.15, -0.1) is 0 Å². The standard InChI is InChI=1S/C8H14N2O2/c9-8(11)5-12-7-3-10(4-7)6-1-2-6/h6-7H,1-5H2,(H2,9,11). The SMILES string of the molecule is NC(=O)COC1CN(C2CC2)C1. The molecule has 0 bridgehead atoms. The highest BCUT2D eigenvalue weighted by Gasteiger charge is 2.38.